The molecule has 0 fully saturated rings. The molecular weight excluding hydrogens is 779 g/mol. The fourth-order valence-corrected chi connectivity index (χ4v) is 7.81. The van der Waals surface area contributed by atoms with E-state index in [0.717, 1.165) is 77.0 Å². The number of hydrogen-bond acceptors (Lipinski definition) is 5. The van der Waals surface area contributed by atoms with Crippen molar-refractivity contribution in [1.82, 2.24) is 5.32 Å². The first-order valence-corrected chi connectivity index (χ1v) is 26.7. The lowest BCUT2D eigenvalue weighted by Gasteiger charge is -2.24. The van der Waals surface area contributed by atoms with Crippen LogP contribution in [-0.2, 0) is 14.3 Å². The summed E-state index contributed by atoms with van der Waals surface area (Å²) in [5.74, 6) is -0.570. The Hall–Kier alpha value is -2.70. The van der Waals surface area contributed by atoms with Crippen LogP contribution in [0, 0.1) is 0 Å². The lowest BCUT2D eigenvalue weighted by Crippen LogP contribution is -2.46. The van der Waals surface area contributed by atoms with Crippen molar-refractivity contribution in [1.29, 1.82) is 0 Å². The van der Waals surface area contributed by atoms with E-state index in [4.69, 9.17) is 4.74 Å². The number of allylic oxidation sites excluding steroid dienone is 12. The number of unbranched alkanes of at least 4 members (excludes halogenated alkanes) is 23. The molecule has 0 aromatic heterocycles. The number of amides is 1. The van der Waals surface area contributed by atoms with Crippen molar-refractivity contribution in [3.63, 3.8) is 0 Å². The summed E-state index contributed by atoms with van der Waals surface area (Å²) in [7, 11) is 0. The molecule has 6 nitrogen and oxygen atoms in total. The fourth-order valence-electron chi connectivity index (χ4n) is 7.81. The number of nitrogens with one attached hydrogen (secondary N) is 1. The average Bonchev–Trinajstić information content (AvgIpc) is 3.28. The zero-order valence-electron chi connectivity index (χ0n) is 41.4. The highest BCUT2D eigenvalue weighted by molar-refractivity contribution is 5.77. The van der Waals surface area contributed by atoms with E-state index < -0.39 is 18.2 Å². The number of esters is 1. The Bertz CT molecular complexity index is 1170. The maximum absolute atomic E-state index is 13.2. The summed E-state index contributed by atoms with van der Waals surface area (Å²) < 4.78 is 5.90. The summed E-state index contributed by atoms with van der Waals surface area (Å²) in [5.41, 5.74) is 0. The van der Waals surface area contributed by atoms with E-state index in [1.54, 1.807) is 0 Å². The van der Waals surface area contributed by atoms with Crippen molar-refractivity contribution in [2.45, 2.75) is 270 Å². The van der Waals surface area contributed by atoms with Gasteiger partial charge in [-0.2, -0.15) is 0 Å². The highest BCUT2D eigenvalue weighted by atomic mass is 16.5. The SMILES string of the molecule is CC/C=C\C/C=C\C/C=C\C/C=C\C/C=C\C/C=C\CCC(=O)OC(CCCCCCCCCCCCCCCCCC)CC(=O)NC(CO)C(O)CCCCCCCCCCC. The van der Waals surface area contributed by atoms with Gasteiger partial charge in [-0.15, -0.1) is 0 Å². The average molecular weight is 880 g/mol. The second-order valence-corrected chi connectivity index (χ2v) is 17.9. The molecule has 63 heavy (non-hydrogen) atoms. The number of ether oxygens (including phenoxy) is 1. The molecule has 0 saturated carbocycles. The molecule has 0 radical (unpaired) electrons. The lowest BCUT2D eigenvalue weighted by atomic mass is 10.0. The normalized spacial score (nSPS) is 13.8. The van der Waals surface area contributed by atoms with E-state index in [9.17, 15) is 19.8 Å². The van der Waals surface area contributed by atoms with Crippen molar-refractivity contribution >= 4 is 11.9 Å². The first kappa shape index (κ1) is 60.3. The molecule has 0 saturated heterocycles. The van der Waals surface area contributed by atoms with Crippen molar-refractivity contribution in [2.75, 3.05) is 6.61 Å². The number of aliphatic hydroxyl groups is 2. The summed E-state index contributed by atoms with van der Waals surface area (Å²) in [6.07, 6.45) is 64.1. The minimum atomic E-state index is -0.800. The van der Waals surface area contributed by atoms with Crippen molar-refractivity contribution in [2.24, 2.45) is 0 Å². The smallest absolute Gasteiger partial charge is 0.306 e. The molecule has 3 N–H and O–H groups in total. The van der Waals surface area contributed by atoms with Crippen molar-refractivity contribution in [3.05, 3.63) is 72.9 Å². The molecular formula is C57H101NO5. The van der Waals surface area contributed by atoms with Gasteiger partial charge in [0.2, 0.25) is 5.91 Å². The van der Waals surface area contributed by atoms with Crippen LogP contribution in [0.15, 0.2) is 72.9 Å². The molecule has 0 spiro atoms. The van der Waals surface area contributed by atoms with Crippen LogP contribution < -0.4 is 5.32 Å². The zero-order chi connectivity index (χ0) is 45.9. The van der Waals surface area contributed by atoms with Gasteiger partial charge in [0, 0.05) is 6.42 Å². The monoisotopic (exact) mass is 880 g/mol. The number of carbonyl (C=O) groups excluding carboxylic acids is 2. The Balaban J connectivity index is 4.67. The predicted molar refractivity (Wildman–Crippen MR) is 273 cm³/mol. The molecule has 0 aromatic rings. The number of hydrogen-bond donors (Lipinski definition) is 3. The van der Waals surface area contributed by atoms with Gasteiger partial charge in [-0.05, 0) is 64.2 Å². The quantitative estimate of drug-likeness (QED) is 0.0321. The van der Waals surface area contributed by atoms with Gasteiger partial charge >= 0.3 is 5.97 Å². The highest BCUT2D eigenvalue weighted by Gasteiger charge is 2.24. The summed E-state index contributed by atoms with van der Waals surface area (Å²) in [5, 5.41) is 23.7. The van der Waals surface area contributed by atoms with E-state index in [0.29, 0.717) is 19.3 Å². The van der Waals surface area contributed by atoms with Crippen LogP contribution in [0.25, 0.3) is 0 Å². The van der Waals surface area contributed by atoms with Gasteiger partial charge in [0.15, 0.2) is 0 Å². The first-order chi connectivity index (χ1) is 31.0. The Labute approximate surface area is 390 Å². The Morgan fingerprint density at radius 1 is 0.476 bits per heavy atom. The third-order valence-corrected chi connectivity index (χ3v) is 11.8. The van der Waals surface area contributed by atoms with Gasteiger partial charge in [0.25, 0.3) is 0 Å². The minimum absolute atomic E-state index is 0.0473. The number of aliphatic hydroxyl groups excluding tert-OH is 2. The summed E-state index contributed by atoms with van der Waals surface area (Å²) in [6.45, 7) is 6.35. The highest BCUT2D eigenvalue weighted by Crippen LogP contribution is 2.18. The molecule has 0 bridgehead atoms. The zero-order valence-corrected chi connectivity index (χ0v) is 41.4. The summed E-state index contributed by atoms with van der Waals surface area (Å²) in [6, 6.07) is -0.716. The Kier molecular flexibility index (Phi) is 48.1. The second kappa shape index (κ2) is 50.3. The third kappa shape index (κ3) is 45.7. The molecule has 364 valence electrons. The van der Waals surface area contributed by atoms with Crippen molar-refractivity contribution < 1.29 is 24.5 Å². The standard InChI is InChI=1S/C57H101NO5/c1-4-7-10-13-16-19-21-23-25-27-28-29-31-33-35-38-41-44-47-50-57(62)63-53(48-45-42-39-37-34-32-30-26-24-22-20-17-14-11-8-5-2)51-56(61)58-54(52-59)55(60)49-46-43-40-36-18-15-12-9-6-3/h7,10,16,19,23,25,28-29,33,35,41,44,53-55,59-60H,4-6,8-9,11-15,17-18,20-22,24,26-27,30-32,34,36-40,42-43,45-52H2,1-3H3,(H,58,61)/b10-7-,19-16-,25-23-,29-28-,35-33-,44-41-. The van der Waals surface area contributed by atoms with Gasteiger partial charge in [0.1, 0.15) is 6.10 Å². The van der Waals surface area contributed by atoms with Crippen LogP contribution in [0.2, 0.25) is 0 Å². The molecule has 0 rings (SSSR count). The molecule has 0 aromatic carbocycles. The number of carbonyl (C=O) groups is 2. The minimum Gasteiger partial charge on any atom is -0.462 e. The molecule has 0 heterocycles. The predicted octanol–water partition coefficient (Wildman–Crippen LogP) is 16.2. The van der Waals surface area contributed by atoms with Crippen LogP contribution >= 0.6 is 0 Å². The van der Waals surface area contributed by atoms with Crippen LogP contribution in [0.4, 0.5) is 0 Å². The maximum Gasteiger partial charge on any atom is 0.306 e. The Morgan fingerprint density at radius 2 is 0.825 bits per heavy atom. The second-order valence-electron chi connectivity index (χ2n) is 17.9. The van der Waals surface area contributed by atoms with Gasteiger partial charge in [0.05, 0.1) is 25.2 Å². The van der Waals surface area contributed by atoms with E-state index in [-0.39, 0.29) is 31.3 Å². The van der Waals surface area contributed by atoms with Gasteiger partial charge in [-0.3, -0.25) is 9.59 Å². The lowest BCUT2D eigenvalue weighted by molar-refractivity contribution is -0.150. The van der Waals surface area contributed by atoms with E-state index in [2.05, 4.69) is 92.9 Å². The first-order valence-electron chi connectivity index (χ1n) is 26.7. The molecule has 6 heteroatoms. The van der Waals surface area contributed by atoms with Crippen LogP contribution in [0.5, 0.6) is 0 Å². The van der Waals surface area contributed by atoms with E-state index >= 15 is 0 Å². The maximum atomic E-state index is 13.2. The molecule has 0 aliphatic rings. The topological polar surface area (TPSA) is 95.9 Å². The summed E-state index contributed by atoms with van der Waals surface area (Å²) in [4.78, 5) is 26.1. The Morgan fingerprint density at radius 3 is 1.21 bits per heavy atom. The van der Waals surface area contributed by atoms with Gasteiger partial charge in [-0.25, -0.2) is 0 Å². The molecule has 0 aliphatic carbocycles. The molecule has 1 amide bonds. The van der Waals surface area contributed by atoms with Gasteiger partial charge in [-0.1, -0.05) is 248 Å². The van der Waals surface area contributed by atoms with E-state index in [1.165, 1.54) is 122 Å². The van der Waals surface area contributed by atoms with Crippen LogP contribution in [0.1, 0.15) is 252 Å². The van der Waals surface area contributed by atoms with E-state index in [1.807, 2.05) is 6.08 Å². The molecule has 3 unspecified atom stereocenters. The van der Waals surface area contributed by atoms with Crippen LogP contribution in [-0.4, -0.2) is 46.9 Å². The largest absolute Gasteiger partial charge is 0.462 e. The van der Waals surface area contributed by atoms with Crippen molar-refractivity contribution in [3.8, 4) is 0 Å². The van der Waals surface area contributed by atoms with Crippen LogP contribution in [0.3, 0.4) is 0 Å². The molecule has 0 aliphatic heterocycles. The van der Waals surface area contributed by atoms with Gasteiger partial charge < -0.3 is 20.3 Å². The number of rotatable bonds is 47. The third-order valence-electron chi connectivity index (χ3n) is 11.8. The molecule has 3 atom stereocenters. The fraction of sp³-hybridized carbons (Fsp3) is 0.754. The summed E-state index contributed by atoms with van der Waals surface area (Å²) >= 11 is 0.